The van der Waals surface area contributed by atoms with Gasteiger partial charge in [0.05, 0.1) is 18.7 Å². The van der Waals surface area contributed by atoms with E-state index in [9.17, 15) is 9.59 Å². The summed E-state index contributed by atoms with van der Waals surface area (Å²) >= 11 is 0. The molecule has 1 N–H and O–H groups in total. The van der Waals surface area contributed by atoms with Gasteiger partial charge in [-0.1, -0.05) is 6.07 Å². The van der Waals surface area contributed by atoms with E-state index in [2.05, 4.69) is 15.2 Å². The van der Waals surface area contributed by atoms with Crippen molar-refractivity contribution in [3.8, 4) is 0 Å². The minimum absolute atomic E-state index is 0.0383. The fourth-order valence-electron chi connectivity index (χ4n) is 5.34. The van der Waals surface area contributed by atoms with E-state index in [1.165, 1.54) is 0 Å². The zero-order valence-electron chi connectivity index (χ0n) is 17.8. The van der Waals surface area contributed by atoms with E-state index in [4.69, 9.17) is 4.42 Å². The van der Waals surface area contributed by atoms with Gasteiger partial charge in [0.2, 0.25) is 11.8 Å². The predicted molar refractivity (Wildman–Crippen MR) is 116 cm³/mol. The minimum Gasteiger partial charge on any atom is -0.467 e. The second-order valence-corrected chi connectivity index (χ2v) is 9.21. The third-order valence-corrected chi connectivity index (χ3v) is 7.34. The summed E-state index contributed by atoms with van der Waals surface area (Å²) in [5.41, 5.74) is 0.0938. The van der Waals surface area contributed by atoms with Gasteiger partial charge in [-0.25, -0.2) is 4.98 Å². The highest BCUT2D eigenvalue weighted by Gasteiger charge is 2.58. The molecule has 2 aromatic rings. The molecule has 2 amide bonds. The Labute approximate surface area is 182 Å². The lowest BCUT2D eigenvalue weighted by Crippen LogP contribution is -2.48. The summed E-state index contributed by atoms with van der Waals surface area (Å²) in [6, 6.07) is 9.63. The number of carbonyl (C=O) groups excluding carboxylic acids is 2. The van der Waals surface area contributed by atoms with Crippen LogP contribution in [0.5, 0.6) is 0 Å². The molecule has 2 atom stereocenters. The largest absolute Gasteiger partial charge is 0.467 e. The smallest absolute Gasteiger partial charge is 0.227 e. The second kappa shape index (κ2) is 8.36. The topological polar surface area (TPSA) is 78.7 Å². The minimum atomic E-state index is 0.0383. The molecule has 0 radical (unpaired) electrons. The summed E-state index contributed by atoms with van der Waals surface area (Å²) in [6.07, 6.45) is 8.18. The SMILES string of the molecule is O=C(NCc1ccco1)C1CC12CCN(C(=O)C1CCCN(c3ccccn3)C1)CC2. The number of nitrogens with zero attached hydrogens (tertiary/aromatic N) is 3. The van der Waals surface area contributed by atoms with Gasteiger partial charge in [-0.2, -0.15) is 0 Å². The van der Waals surface area contributed by atoms with Crippen molar-refractivity contribution in [1.29, 1.82) is 0 Å². The van der Waals surface area contributed by atoms with Crippen LogP contribution in [0, 0.1) is 17.3 Å². The standard InChI is InChI=1S/C24H30N4O3/c29-22(26-16-19-6-4-14-31-19)20-15-24(20)8-12-27(13-9-24)23(30)18-5-3-11-28(17-18)21-7-1-2-10-25-21/h1-2,4,6-7,10,14,18,20H,3,5,8-9,11-13,15-17H2,(H,26,29). The van der Waals surface area contributed by atoms with Crippen LogP contribution in [0.4, 0.5) is 5.82 Å². The van der Waals surface area contributed by atoms with Crippen LogP contribution >= 0.6 is 0 Å². The Morgan fingerprint density at radius 3 is 2.77 bits per heavy atom. The van der Waals surface area contributed by atoms with Crippen molar-refractivity contribution in [2.24, 2.45) is 17.3 Å². The third kappa shape index (κ3) is 4.18. The van der Waals surface area contributed by atoms with Crippen molar-refractivity contribution in [2.75, 3.05) is 31.1 Å². The highest BCUT2D eigenvalue weighted by atomic mass is 16.3. The number of anilines is 1. The second-order valence-electron chi connectivity index (χ2n) is 9.21. The Kier molecular flexibility index (Phi) is 5.42. The van der Waals surface area contributed by atoms with E-state index >= 15 is 0 Å². The molecule has 0 aromatic carbocycles. The first kappa shape index (κ1) is 20.1. The number of nitrogens with one attached hydrogen (secondary N) is 1. The number of carbonyl (C=O) groups is 2. The Balaban J connectivity index is 1.11. The highest BCUT2D eigenvalue weighted by Crippen LogP contribution is 2.59. The molecule has 5 rings (SSSR count). The average molecular weight is 423 g/mol. The monoisotopic (exact) mass is 422 g/mol. The summed E-state index contributed by atoms with van der Waals surface area (Å²) in [4.78, 5) is 34.5. The number of amides is 2. The van der Waals surface area contributed by atoms with Gasteiger partial charge in [0.15, 0.2) is 0 Å². The van der Waals surface area contributed by atoms with Crippen LogP contribution in [0.25, 0.3) is 0 Å². The summed E-state index contributed by atoms with van der Waals surface area (Å²) in [6.45, 7) is 3.67. The lowest BCUT2D eigenvalue weighted by atomic mass is 9.89. The maximum absolute atomic E-state index is 13.2. The van der Waals surface area contributed by atoms with Crippen molar-refractivity contribution in [1.82, 2.24) is 15.2 Å². The van der Waals surface area contributed by atoms with Crippen LogP contribution < -0.4 is 10.2 Å². The first-order valence-corrected chi connectivity index (χ1v) is 11.4. The number of hydrogen-bond donors (Lipinski definition) is 1. The molecule has 2 aliphatic heterocycles. The van der Waals surface area contributed by atoms with Gasteiger partial charge in [-0.15, -0.1) is 0 Å². The number of furan rings is 1. The van der Waals surface area contributed by atoms with Gasteiger partial charge in [0.25, 0.3) is 0 Å². The number of pyridine rings is 1. The van der Waals surface area contributed by atoms with Crippen LogP contribution in [-0.2, 0) is 16.1 Å². The van der Waals surface area contributed by atoms with Crippen LogP contribution in [0.1, 0.15) is 37.9 Å². The van der Waals surface area contributed by atoms with Crippen molar-refractivity contribution < 1.29 is 14.0 Å². The molecule has 1 aliphatic carbocycles. The molecule has 164 valence electrons. The lowest BCUT2D eigenvalue weighted by Gasteiger charge is -2.38. The van der Waals surface area contributed by atoms with E-state index in [0.717, 1.165) is 69.9 Å². The summed E-state index contributed by atoms with van der Waals surface area (Å²) in [5.74, 6) is 2.24. The van der Waals surface area contributed by atoms with Gasteiger partial charge < -0.3 is 19.5 Å². The molecule has 3 fully saturated rings. The highest BCUT2D eigenvalue weighted by molar-refractivity contribution is 5.83. The fraction of sp³-hybridized carbons (Fsp3) is 0.542. The molecule has 4 heterocycles. The molecule has 2 saturated heterocycles. The Hall–Kier alpha value is -2.83. The van der Waals surface area contributed by atoms with E-state index < -0.39 is 0 Å². The molecular weight excluding hydrogens is 392 g/mol. The first-order valence-electron chi connectivity index (χ1n) is 11.4. The normalized spacial score (nSPS) is 24.8. The van der Waals surface area contributed by atoms with Crippen LogP contribution in [-0.4, -0.2) is 47.9 Å². The van der Waals surface area contributed by atoms with E-state index in [1.807, 2.05) is 41.4 Å². The molecule has 2 aromatic heterocycles. The summed E-state index contributed by atoms with van der Waals surface area (Å²) in [7, 11) is 0. The molecule has 2 unspecified atom stereocenters. The van der Waals surface area contributed by atoms with Gasteiger partial charge in [-0.3, -0.25) is 9.59 Å². The fourth-order valence-corrected chi connectivity index (χ4v) is 5.34. The number of piperidine rings is 2. The summed E-state index contributed by atoms with van der Waals surface area (Å²) < 4.78 is 5.29. The van der Waals surface area contributed by atoms with E-state index in [0.29, 0.717) is 6.54 Å². The molecule has 1 saturated carbocycles. The molecule has 0 bridgehead atoms. The number of rotatable bonds is 5. The third-order valence-electron chi connectivity index (χ3n) is 7.34. The Morgan fingerprint density at radius 1 is 1.16 bits per heavy atom. The molecular formula is C24H30N4O3. The molecule has 7 heteroatoms. The van der Waals surface area contributed by atoms with Crippen molar-refractivity contribution in [3.05, 3.63) is 48.6 Å². The Bertz CT molecular complexity index is 906. The van der Waals surface area contributed by atoms with E-state index in [-0.39, 0.29) is 29.1 Å². The molecule has 31 heavy (non-hydrogen) atoms. The lowest BCUT2D eigenvalue weighted by molar-refractivity contribution is -0.137. The van der Waals surface area contributed by atoms with Gasteiger partial charge >= 0.3 is 0 Å². The number of likely N-dealkylation sites (tertiary alicyclic amines) is 1. The zero-order valence-corrected chi connectivity index (χ0v) is 17.8. The van der Waals surface area contributed by atoms with E-state index in [1.54, 1.807) is 6.26 Å². The predicted octanol–water partition coefficient (Wildman–Crippen LogP) is 2.84. The van der Waals surface area contributed by atoms with Gasteiger partial charge in [0, 0.05) is 38.3 Å². The van der Waals surface area contributed by atoms with Crippen LogP contribution in [0.15, 0.2) is 47.2 Å². The van der Waals surface area contributed by atoms with Gasteiger partial charge in [0.1, 0.15) is 11.6 Å². The maximum Gasteiger partial charge on any atom is 0.227 e. The molecule has 7 nitrogen and oxygen atoms in total. The van der Waals surface area contributed by atoms with Crippen molar-refractivity contribution >= 4 is 17.6 Å². The number of hydrogen-bond acceptors (Lipinski definition) is 5. The molecule has 1 spiro atoms. The van der Waals surface area contributed by atoms with Crippen LogP contribution in [0.3, 0.4) is 0 Å². The van der Waals surface area contributed by atoms with Crippen molar-refractivity contribution in [2.45, 2.75) is 38.6 Å². The number of aromatic nitrogens is 1. The maximum atomic E-state index is 13.2. The Morgan fingerprint density at radius 2 is 2.03 bits per heavy atom. The van der Waals surface area contributed by atoms with Crippen LogP contribution in [0.2, 0.25) is 0 Å². The van der Waals surface area contributed by atoms with Gasteiger partial charge in [-0.05, 0) is 61.8 Å². The quantitative estimate of drug-likeness (QED) is 0.802. The average Bonchev–Trinajstić information content (AvgIpc) is 3.26. The summed E-state index contributed by atoms with van der Waals surface area (Å²) in [5, 5.41) is 3.00. The molecule has 3 aliphatic rings. The van der Waals surface area contributed by atoms with Crippen molar-refractivity contribution in [3.63, 3.8) is 0 Å². The zero-order chi connectivity index (χ0) is 21.3. The first-order chi connectivity index (χ1) is 15.1.